The third kappa shape index (κ3) is 3.25. The third-order valence-electron chi connectivity index (χ3n) is 3.70. The zero-order valence-corrected chi connectivity index (χ0v) is 13.4. The Bertz CT molecular complexity index is 868. The fourth-order valence-corrected chi connectivity index (χ4v) is 2.65. The predicted octanol–water partition coefficient (Wildman–Crippen LogP) is 2.43. The minimum Gasteiger partial charge on any atom is -0.491 e. The molecule has 5 nitrogen and oxygen atoms in total. The molecule has 1 atom stereocenters. The van der Waals surface area contributed by atoms with Crippen LogP contribution >= 0.6 is 11.6 Å². The summed E-state index contributed by atoms with van der Waals surface area (Å²) in [6.07, 6.45) is -0.797. The van der Waals surface area contributed by atoms with Crippen LogP contribution in [0.15, 0.2) is 53.3 Å². The Hall–Kier alpha value is -2.24. The lowest BCUT2D eigenvalue weighted by molar-refractivity contribution is 0.0925. The van der Waals surface area contributed by atoms with Crippen LogP contribution in [0.1, 0.15) is 0 Å². The van der Waals surface area contributed by atoms with Gasteiger partial charge in [0.15, 0.2) is 0 Å². The number of rotatable bonds is 5. The average molecular weight is 333 g/mol. The number of aliphatic hydroxyl groups excluding tert-OH is 1. The number of hydrogen-bond donors (Lipinski definition) is 1. The van der Waals surface area contributed by atoms with Gasteiger partial charge in [0.2, 0.25) is 0 Å². The smallest absolute Gasteiger partial charge is 0.328 e. The van der Waals surface area contributed by atoms with Crippen molar-refractivity contribution in [2.45, 2.75) is 12.6 Å². The number of aromatic nitrogens is 2. The van der Waals surface area contributed by atoms with Gasteiger partial charge in [0, 0.05) is 12.1 Å². The van der Waals surface area contributed by atoms with Gasteiger partial charge in [-0.15, -0.1) is 0 Å². The minimum atomic E-state index is -0.797. The van der Waals surface area contributed by atoms with E-state index in [1.165, 1.54) is 0 Å². The van der Waals surface area contributed by atoms with E-state index in [9.17, 15) is 9.90 Å². The second kappa shape index (κ2) is 6.48. The second-order valence-corrected chi connectivity index (χ2v) is 5.80. The Kier molecular flexibility index (Phi) is 4.41. The molecule has 120 valence electrons. The number of aryl methyl sites for hydroxylation is 1. The molecular weight excluding hydrogens is 316 g/mol. The molecule has 1 N–H and O–H groups in total. The van der Waals surface area contributed by atoms with Gasteiger partial charge in [-0.05, 0) is 36.4 Å². The third-order valence-corrected chi connectivity index (χ3v) is 3.95. The summed E-state index contributed by atoms with van der Waals surface area (Å²) in [4.78, 5) is 12.3. The molecule has 1 aromatic heterocycles. The van der Waals surface area contributed by atoms with Crippen molar-refractivity contribution in [3.05, 3.63) is 64.0 Å². The minimum absolute atomic E-state index is 0.0945. The molecule has 3 rings (SSSR count). The summed E-state index contributed by atoms with van der Waals surface area (Å²) in [6, 6.07) is 14.4. The normalized spacial score (nSPS) is 12.5. The Morgan fingerprint density at radius 3 is 2.48 bits per heavy atom. The highest BCUT2D eigenvalue weighted by molar-refractivity contribution is 6.30. The Labute approximate surface area is 138 Å². The molecule has 0 aliphatic rings. The summed E-state index contributed by atoms with van der Waals surface area (Å²) < 4.78 is 8.66. The first-order valence-corrected chi connectivity index (χ1v) is 7.65. The van der Waals surface area contributed by atoms with Crippen LogP contribution in [0.2, 0.25) is 5.02 Å². The molecule has 0 amide bonds. The molecule has 23 heavy (non-hydrogen) atoms. The molecule has 2 aromatic carbocycles. The lowest BCUT2D eigenvalue weighted by Gasteiger charge is -2.13. The molecule has 0 aliphatic heterocycles. The molecular formula is C17H17ClN2O3. The van der Waals surface area contributed by atoms with E-state index in [2.05, 4.69) is 0 Å². The highest BCUT2D eigenvalue weighted by atomic mass is 35.5. The zero-order chi connectivity index (χ0) is 16.4. The van der Waals surface area contributed by atoms with E-state index in [1.807, 2.05) is 24.3 Å². The van der Waals surface area contributed by atoms with Crippen molar-refractivity contribution >= 4 is 22.6 Å². The van der Waals surface area contributed by atoms with E-state index in [4.69, 9.17) is 16.3 Å². The van der Waals surface area contributed by atoms with Crippen LogP contribution < -0.4 is 10.4 Å². The van der Waals surface area contributed by atoms with Gasteiger partial charge in [-0.1, -0.05) is 23.7 Å². The second-order valence-electron chi connectivity index (χ2n) is 5.36. The van der Waals surface area contributed by atoms with Gasteiger partial charge >= 0.3 is 5.69 Å². The fraction of sp³-hybridized carbons (Fsp3) is 0.235. The fourth-order valence-electron chi connectivity index (χ4n) is 2.53. The zero-order valence-electron chi connectivity index (χ0n) is 12.6. The van der Waals surface area contributed by atoms with E-state index in [0.717, 1.165) is 11.0 Å². The maximum Gasteiger partial charge on any atom is 0.328 e. The molecule has 0 bridgehead atoms. The van der Waals surface area contributed by atoms with Crippen LogP contribution in [0.5, 0.6) is 5.75 Å². The lowest BCUT2D eigenvalue weighted by atomic mass is 10.3. The van der Waals surface area contributed by atoms with Crippen molar-refractivity contribution in [3.8, 4) is 5.75 Å². The molecule has 0 fully saturated rings. The van der Waals surface area contributed by atoms with Gasteiger partial charge < -0.3 is 9.84 Å². The highest BCUT2D eigenvalue weighted by Crippen LogP contribution is 2.16. The van der Waals surface area contributed by atoms with Gasteiger partial charge in [-0.3, -0.25) is 9.13 Å². The number of benzene rings is 2. The van der Waals surface area contributed by atoms with Gasteiger partial charge in [0.1, 0.15) is 18.5 Å². The number of para-hydroxylation sites is 2. The SMILES string of the molecule is Cn1c(=O)n(CC(O)COc2ccc(Cl)cc2)c2ccccc21. The first-order valence-electron chi connectivity index (χ1n) is 7.27. The Balaban J connectivity index is 1.73. The number of fused-ring (bicyclic) bond motifs is 1. The summed E-state index contributed by atoms with van der Waals surface area (Å²) in [5.41, 5.74) is 1.48. The van der Waals surface area contributed by atoms with Crippen molar-refractivity contribution in [1.29, 1.82) is 0 Å². The van der Waals surface area contributed by atoms with E-state index in [1.54, 1.807) is 40.4 Å². The number of aliphatic hydroxyl groups is 1. The van der Waals surface area contributed by atoms with Crippen molar-refractivity contribution in [1.82, 2.24) is 9.13 Å². The predicted molar refractivity (Wildman–Crippen MR) is 90.1 cm³/mol. The topological polar surface area (TPSA) is 56.4 Å². The Morgan fingerprint density at radius 1 is 1.13 bits per heavy atom. The molecule has 0 saturated heterocycles. The van der Waals surface area contributed by atoms with E-state index in [0.29, 0.717) is 10.8 Å². The molecule has 0 radical (unpaired) electrons. The van der Waals surface area contributed by atoms with Crippen LogP contribution in [0, 0.1) is 0 Å². The monoisotopic (exact) mass is 332 g/mol. The first-order chi connectivity index (χ1) is 11.1. The lowest BCUT2D eigenvalue weighted by Crippen LogP contribution is -2.30. The van der Waals surface area contributed by atoms with E-state index >= 15 is 0 Å². The summed E-state index contributed by atoms with van der Waals surface area (Å²) in [7, 11) is 1.72. The molecule has 0 aliphatic carbocycles. The van der Waals surface area contributed by atoms with Crippen LogP contribution in [0.4, 0.5) is 0 Å². The van der Waals surface area contributed by atoms with Gasteiger partial charge in [-0.2, -0.15) is 0 Å². The largest absolute Gasteiger partial charge is 0.491 e. The molecule has 0 saturated carbocycles. The van der Waals surface area contributed by atoms with Gasteiger partial charge in [-0.25, -0.2) is 4.79 Å². The molecule has 1 heterocycles. The van der Waals surface area contributed by atoms with E-state index in [-0.39, 0.29) is 18.8 Å². The number of hydrogen-bond acceptors (Lipinski definition) is 3. The summed E-state index contributed by atoms with van der Waals surface area (Å²) in [5, 5.41) is 10.8. The maximum absolute atomic E-state index is 12.3. The molecule has 0 spiro atoms. The van der Waals surface area contributed by atoms with Crippen LogP contribution in [-0.4, -0.2) is 27.0 Å². The number of nitrogens with zero attached hydrogens (tertiary/aromatic N) is 2. The van der Waals surface area contributed by atoms with Crippen molar-refractivity contribution in [2.75, 3.05) is 6.61 Å². The van der Waals surface area contributed by atoms with Crippen molar-refractivity contribution in [2.24, 2.45) is 7.05 Å². The Morgan fingerprint density at radius 2 is 1.78 bits per heavy atom. The number of ether oxygens (including phenoxy) is 1. The van der Waals surface area contributed by atoms with E-state index < -0.39 is 6.10 Å². The summed E-state index contributed by atoms with van der Waals surface area (Å²) in [5.74, 6) is 0.624. The van der Waals surface area contributed by atoms with Gasteiger partial charge in [0.05, 0.1) is 17.6 Å². The maximum atomic E-state index is 12.3. The van der Waals surface area contributed by atoms with Crippen molar-refractivity contribution < 1.29 is 9.84 Å². The van der Waals surface area contributed by atoms with Crippen LogP contribution in [0.3, 0.4) is 0 Å². The van der Waals surface area contributed by atoms with Crippen molar-refractivity contribution in [3.63, 3.8) is 0 Å². The number of halogens is 1. The average Bonchev–Trinajstić information content (AvgIpc) is 2.80. The van der Waals surface area contributed by atoms with Gasteiger partial charge in [0.25, 0.3) is 0 Å². The standard InChI is InChI=1S/C17H17ClN2O3/c1-19-15-4-2-3-5-16(15)20(17(19)22)10-13(21)11-23-14-8-6-12(18)7-9-14/h2-9,13,21H,10-11H2,1H3. The highest BCUT2D eigenvalue weighted by Gasteiger charge is 2.14. The molecule has 6 heteroatoms. The molecule has 1 unspecified atom stereocenters. The summed E-state index contributed by atoms with van der Waals surface area (Å²) in [6.45, 7) is 0.269. The van der Waals surface area contributed by atoms with Crippen LogP contribution in [0.25, 0.3) is 11.0 Å². The quantitative estimate of drug-likeness (QED) is 0.780. The summed E-state index contributed by atoms with van der Waals surface area (Å²) >= 11 is 5.81. The molecule has 3 aromatic rings. The van der Waals surface area contributed by atoms with Crippen LogP contribution in [-0.2, 0) is 13.6 Å². The first kappa shape index (κ1) is 15.6. The number of imidazole rings is 1.